The molecule has 0 unspecified atom stereocenters. The number of non-ortho nitro benzene ring substituents is 2. The summed E-state index contributed by atoms with van der Waals surface area (Å²) in [7, 11) is 0. The lowest BCUT2D eigenvalue weighted by molar-refractivity contribution is -0.385. The third kappa shape index (κ3) is 14.4. The number of nitrogens with one attached hydrogen (secondary N) is 1. The first-order valence-corrected chi connectivity index (χ1v) is 14.2. The summed E-state index contributed by atoms with van der Waals surface area (Å²) in [5.41, 5.74) is -1.97. The highest BCUT2D eigenvalue weighted by atomic mass is 35.5. The van der Waals surface area contributed by atoms with Crippen LogP contribution >= 0.6 is 11.6 Å². The molecule has 0 fully saturated rings. The van der Waals surface area contributed by atoms with Gasteiger partial charge in [0.05, 0.1) is 9.85 Å². The number of rotatable bonds is 6. The number of hydrogen-bond acceptors (Lipinski definition) is 14. The molecule has 0 aliphatic heterocycles. The second-order valence-electron chi connectivity index (χ2n) is 11.3. The van der Waals surface area contributed by atoms with E-state index < -0.39 is 38.5 Å². The minimum absolute atomic E-state index is 0.0365. The largest absolute Gasteiger partial charge is 0.455 e. The molecule has 0 amide bonds. The molecule has 0 saturated heterocycles. The lowest BCUT2D eigenvalue weighted by Gasteiger charge is -2.18. The van der Waals surface area contributed by atoms with E-state index in [1.54, 1.807) is 26.8 Å². The number of carbonyl (C=O) groups excluding carboxylic acids is 4. The van der Waals surface area contributed by atoms with Crippen LogP contribution in [0, 0.1) is 20.2 Å². The molecule has 0 aliphatic carbocycles. The lowest BCUT2D eigenvalue weighted by Crippen LogP contribution is -2.24. The summed E-state index contributed by atoms with van der Waals surface area (Å²) in [5, 5.41) is 30.7. The number of hydrogen-bond donors (Lipinski definition) is 1. The Bertz CT molecular complexity index is 1760. The quantitative estimate of drug-likeness (QED) is 0.0977. The zero-order valence-electron chi connectivity index (χ0n) is 26.9. The van der Waals surface area contributed by atoms with Gasteiger partial charge in [0.1, 0.15) is 28.4 Å². The van der Waals surface area contributed by atoms with Crippen LogP contribution in [-0.4, -0.2) is 64.5 Å². The van der Waals surface area contributed by atoms with Gasteiger partial charge in [-0.05, 0) is 77.9 Å². The number of benzene rings is 2. The van der Waals surface area contributed by atoms with Crippen molar-refractivity contribution in [1.29, 1.82) is 0 Å². The number of nitro groups is 2. The fourth-order valence-electron chi connectivity index (χ4n) is 3.08. The summed E-state index contributed by atoms with van der Waals surface area (Å²) in [5.74, 6) is -0.755. The van der Waals surface area contributed by atoms with Gasteiger partial charge in [0.2, 0.25) is 0 Å². The minimum atomic E-state index is -0.978. The zero-order chi connectivity index (χ0) is 36.9. The van der Waals surface area contributed by atoms with Gasteiger partial charge in [-0.15, -0.1) is 0 Å². The number of H-pyrrole nitrogens is 1. The van der Waals surface area contributed by atoms with Crippen LogP contribution in [0.4, 0.5) is 21.0 Å². The highest BCUT2D eigenvalue weighted by Gasteiger charge is 2.21. The molecule has 19 heteroatoms. The Balaban J connectivity index is 0.000000281. The molecule has 0 aliphatic rings. The summed E-state index contributed by atoms with van der Waals surface area (Å²) in [6.45, 7) is 10.6. The molecule has 1 N–H and O–H groups in total. The van der Waals surface area contributed by atoms with Crippen LogP contribution < -0.4 is 9.47 Å². The van der Waals surface area contributed by atoms with Gasteiger partial charge >= 0.3 is 23.5 Å². The molecule has 0 spiro atoms. The number of carbonyl (C=O) groups is 4. The third-order valence-corrected chi connectivity index (χ3v) is 5.08. The molecule has 18 nitrogen and oxygen atoms in total. The number of aromatic nitrogens is 4. The maximum Gasteiger partial charge on any atom is 0.440 e. The number of halogens is 1. The predicted molar refractivity (Wildman–Crippen MR) is 171 cm³/mol. The van der Waals surface area contributed by atoms with Crippen LogP contribution in [0.15, 0.2) is 73.1 Å². The van der Waals surface area contributed by atoms with Crippen molar-refractivity contribution in [3.8, 4) is 11.5 Å². The SMILES string of the molecule is CC(C)(C)OC(=O)c1ccn(C(=O)Oc2ccc([N+](=O)[O-])cc2)n1.CC(C)(C)OC(=O)c1ccn[nH]1.O=C(Cl)Oc1ccc([N+](=O)[O-])cc1. The van der Waals surface area contributed by atoms with E-state index in [2.05, 4.69) is 20.0 Å². The van der Waals surface area contributed by atoms with Crippen molar-refractivity contribution in [3.63, 3.8) is 0 Å². The van der Waals surface area contributed by atoms with Crippen molar-refractivity contribution in [1.82, 2.24) is 20.0 Å². The molecule has 0 radical (unpaired) electrons. The molecule has 49 heavy (non-hydrogen) atoms. The summed E-state index contributed by atoms with van der Waals surface area (Å²) >= 11 is 4.92. The van der Waals surface area contributed by atoms with E-state index in [0.29, 0.717) is 5.69 Å². The maximum atomic E-state index is 11.9. The first-order valence-electron chi connectivity index (χ1n) is 13.8. The van der Waals surface area contributed by atoms with Gasteiger partial charge in [-0.2, -0.15) is 14.9 Å². The van der Waals surface area contributed by atoms with Gasteiger partial charge in [-0.1, -0.05) is 0 Å². The Morgan fingerprint density at radius 3 is 1.61 bits per heavy atom. The van der Waals surface area contributed by atoms with E-state index >= 15 is 0 Å². The molecule has 4 rings (SSSR count). The Hall–Kier alpha value is -6.17. The molecule has 0 saturated carbocycles. The molecular weight excluding hydrogens is 672 g/mol. The number of aromatic amines is 1. The average molecular weight is 703 g/mol. The standard InChI is InChI=1S/C15H15N3O6.C8H12N2O2.C7H4ClNO4/c1-15(2,3)24-13(19)12-8-9-17(16-12)14(20)23-11-6-4-10(5-7-11)18(21)22;1-8(2,3)12-7(11)6-4-5-9-10-6;8-7(10)13-6-3-1-5(2-4-6)9(11)12/h4-9H,1-3H3;4-5H,1-3H3,(H,9,10);1-4H. The Kier molecular flexibility index (Phi) is 13.6. The monoisotopic (exact) mass is 702 g/mol. The molecule has 260 valence electrons. The van der Waals surface area contributed by atoms with Gasteiger partial charge in [0.15, 0.2) is 5.69 Å². The van der Waals surface area contributed by atoms with E-state index in [9.17, 15) is 39.4 Å². The van der Waals surface area contributed by atoms with Crippen LogP contribution in [0.5, 0.6) is 11.5 Å². The first-order chi connectivity index (χ1) is 22.7. The summed E-state index contributed by atoms with van der Waals surface area (Å²) in [6, 6.07) is 12.9. The molecule has 0 bridgehead atoms. The number of nitrogens with zero attached hydrogens (tertiary/aromatic N) is 5. The van der Waals surface area contributed by atoms with E-state index in [-0.39, 0.29) is 34.5 Å². The van der Waals surface area contributed by atoms with Crippen molar-refractivity contribution in [2.24, 2.45) is 0 Å². The molecular formula is C30H31ClN6O12. The molecule has 2 heterocycles. The van der Waals surface area contributed by atoms with E-state index in [1.807, 2.05) is 20.8 Å². The smallest absolute Gasteiger partial charge is 0.440 e. The number of nitro benzene ring substituents is 2. The van der Waals surface area contributed by atoms with E-state index in [1.165, 1.54) is 67.0 Å². The minimum Gasteiger partial charge on any atom is -0.455 e. The second-order valence-corrected chi connectivity index (χ2v) is 11.6. The number of esters is 2. The first kappa shape index (κ1) is 39.0. The van der Waals surface area contributed by atoms with Crippen molar-refractivity contribution in [2.75, 3.05) is 0 Å². The lowest BCUT2D eigenvalue weighted by atomic mass is 10.2. The van der Waals surface area contributed by atoms with Gasteiger partial charge in [-0.3, -0.25) is 25.3 Å². The summed E-state index contributed by atoms with van der Waals surface area (Å²) < 4.78 is 20.5. The van der Waals surface area contributed by atoms with Gasteiger partial charge in [-0.25, -0.2) is 19.2 Å². The summed E-state index contributed by atoms with van der Waals surface area (Å²) in [4.78, 5) is 64.9. The van der Waals surface area contributed by atoms with Crippen LogP contribution in [0.1, 0.15) is 62.5 Å². The summed E-state index contributed by atoms with van der Waals surface area (Å²) in [6.07, 6.45) is 1.91. The van der Waals surface area contributed by atoms with Crippen molar-refractivity contribution in [2.45, 2.75) is 52.7 Å². The van der Waals surface area contributed by atoms with Crippen LogP contribution in [-0.2, 0) is 9.47 Å². The Morgan fingerprint density at radius 2 is 1.20 bits per heavy atom. The second kappa shape index (κ2) is 17.1. The normalized spacial score (nSPS) is 10.6. The van der Waals surface area contributed by atoms with Crippen LogP contribution in [0.2, 0.25) is 0 Å². The fraction of sp³-hybridized carbons (Fsp3) is 0.267. The zero-order valence-corrected chi connectivity index (χ0v) is 27.7. The molecule has 4 aromatic rings. The van der Waals surface area contributed by atoms with Crippen molar-refractivity contribution in [3.05, 3.63) is 105 Å². The van der Waals surface area contributed by atoms with Crippen LogP contribution in [0.25, 0.3) is 0 Å². The van der Waals surface area contributed by atoms with Gasteiger partial charge in [0, 0.05) is 48.3 Å². The van der Waals surface area contributed by atoms with Crippen molar-refractivity contribution < 1.29 is 48.0 Å². The highest BCUT2D eigenvalue weighted by molar-refractivity contribution is 6.61. The Labute approximate surface area is 283 Å². The maximum absolute atomic E-state index is 11.9. The van der Waals surface area contributed by atoms with Gasteiger partial charge < -0.3 is 18.9 Å². The average Bonchev–Trinajstić information content (AvgIpc) is 3.70. The van der Waals surface area contributed by atoms with E-state index in [4.69, 9.17) is 25.8 Å². The molecule has 0 atom stereocenters. The highest BCUT2D eigenvalue weighted by Crippen LogP contribution is 2.19. The van der Waals surface area contributed by atoms with Gasteiger partial charge in [0.25, 0.3) is 11.4 Å². The fourth-order valence-corrected chi connectivity index (χ4v) is 3.17. The van der Waals surface area contributed by atoms with E-state index in [0.717, 1.165) is 4.68 Å². The molecule has 2 aromatic heterocycles. The van der Waals surface area contributed by atoms with Crippen LogP contribution in [0.3, 0.4) is 0 Å². The third-order valence-electron chi connectivity index (χ3n) is 5.00. The topological polar surface area (TPSA) is 238 Å². The predicted octanol–water partition coefficient (Wildman–Crippen LogP) is 6.49. The Morgan fingerprint density at radius 1 is 0.735 bits per heavy atom. The van der Waals surface area contributed by atoms with Crippen molar-refractivity contribution >= 4 is 46.4 Å². The molecule has 2 aromatic carbocycles. The number of ether oxygens (including phenoxy) is 4.